The van der Waals surface area contributed by atoms with Crippen LogP contribution in [0, 0.1) is 0 Å². The lowest BCUT2D eigenvalue weighted by atomic mass is 10.2. The Bertz CT molecular complexity index is 759. The number of hydrogen-bond donors (Lipinski definition) is 0. The van der Waals surface area contributed by atoms with Gasteiger partial charge in [-0.2, -0.15) is 13.2 Å². The molecular weight excluding hydrogens is 345 g/mol. The summed E-state index contributed by atoms with van der Waals surface area (Å²) >= 11 is 0. The third-order valence-corrected chi connectivity index (χ3v) is 3.86. The molecule has 0 aliphatic heterocycles. The molecule has 0 radical (unpaired) electrons. The van der Waals surface area contributed by atoms with E-state index in [2.05, 4.69) is 0 Å². The van der Waals surface area contributed by atoms with Gasteiger partial charge in [0.2, 0.25) is 11.8 Å². The SMILES string of the molecule is CCN(C(=O)CN(C(C)=O)c1ccc(C(F)(F)F)cc1)c1ccccc1. The molecule has 0 heterocycles. The number of alkyl halides is 3. The fraction of sp³-hybridized carbons (Fsp3) is 0.263. The number of carbonyl (C=O) groups excluding carboxylic acids is 2. The van der Waals surface area contributed by atoms with Gasteiger partial charge in [0, 0.05) is 24.8 Å². The zero-order valence-electron chi connectivity index (χ0n) is 14.5. The second kappa shape index (κ2) is 8.03. The summed E-state index contributed by atoms with van der Waals surface area (Å²) in [7, 11) is 0. The Morgan fingerprint density at radius 3 is 1.88 bits per heavy atom. The highest BCUT2D eigenvalue weighted by Crippen LogP contribution is 2.30. The normalized spacial score (nSPS) is 11.1. The number of rotatable bonds is 5. The molecule has 0 atom stereocenters. The molecule has 0 saturated carbocycles. The van der Waals surface area contributed by atoms with E-state index in [1.54, 1.807) is 31.2 Å². The van der Waals surface area contributed by atoms with Crippen LogP contribution in [0.3, 0.4) is 0 Å². The van der Waals surface area contributed by atoms with Crippen molar-refractivity contribution in [2.75, 3.05) is 22.9 Å². The molecule has 2 aromatic carbocycles. The van der Waals surface area contributed by atoms with Gasteiger partial charge in [0.05, 0.1) is 5.56 Å². The van der Waals surface area contributed by atoms with Gasteiger partial charge in [-0.1, -0.05) is 18.2 Å². The van der Waals surface area contributed by atoms with Crippen LogP contribution >= 0.6 is 0 Å². The standard InChI is InChI=1S/C19H19F3N2O2/c1-3-23(16-7-5-4-6-8-16)18(26)13-24(14(2)25)17-11-9-15(10-12-17)19(20,21)22/h4-12H,3,13H2,1-2H3. The van der Waals surface area contributed by atoms with Crippen LogP contribution in [-0.2, 0) is 15.8 Å². The molecular formula is C19H19F3N2O2. The first-order valence-electron chi connectivity index (χ1n) is 8.04. The molecule has 0 fully saturated rings. The molecule has 0 N–H and O–H groups in total. The lowest BCUT2D eigenvalue weighted by molar-refractivity contribution is -0.137. The maximum absolute atomic E-state index is 12.7. The van der Waals surface area contributed by atoms with Gasteiger partial charge < -0.3 is 9.80 Å². The number of likely N-dealkylation sites (N-methyl/N-ethyl adjacent to an activating group) is 1. The molecule has 2 amide bonds. The Labute approximate surface area is 149 Å². The number of amides is 2. The molecule has 0 aromatic heterocycles. The highest BCUT2D eigenvalue weighted by Gasteiger charge is 2.30. The predicted octanol–water partition coefficient (Wildman–Crippen LogP) is 4.11. The lowest BCUT2D eigenvalue weighted by Crippen LogP contribution is -2.42. The highest BCUT2D eigenvalue weighted by atomic mass is 19.4. The van der Waals surface area contributed by atoms with E-state index >= 15 is 0 Å². The molecule has 2 rings (SSSR count). The third-order valence-electron chi connectivity index (χ3n) is 3.86. The van der Waals surface area contributed by atoms with Crippen molar-refractivity contribution in [2.24, 2.45) is 0 Å². The summed E-state index contributed by atoms with van der Waals surface area (Å²) < 4.78 is 38.1. The summed E-state index contributed by atoms with van der Waals surface area (Å²) in [5, 5.41) is 0. The van der Waals surface area contributed by atoms with Gasteiger partial charge in [0.15, 0.2) is 0 Å². The maximum Gasteiger partial charge on any atom is 0.416 e. The molecule has 0 unspecified atom stereocenters. The average Bonchev–Trinajstić information content (AvgIpc) is 2.60. The summed E-state index contributed by atoms with van der Waals surface area (Å²) in [4.78, 5) is 27.3. The number of nitrogens with zero attached hydrogens (tertiary/aromatic N) is 2. The van der Waals surface area contributed by atoms with Crippen molar-refractivity contribution in [3.05, 3.63) is 60.2 Å². The largest absolute Gasteiger partial charge is 0.416 e. The second-order valence-corrected chi connectivity index (χ2v) is 5.62. The van der Waals surface area contributed by atoms with E-state index in [9.17, 15) is 22.8 Å². The van der Waals surface area contributed by atoms with E-state index in [0.717, 1.165) is 17.0 Å². The first kappa shape index (κ1) is 19.5. The van der Waals surface area contributed by atoms with Crippen LogP contribution in [0.4, 0.5) is 24.5 Å². The molecule has 0 spiro atoms. The van der Waals surface area contributed by atoms with Crippen molar-refractivity contribution in [1.82, 2.24) is 0 Å². The number of carbonyl (C=O) groups is 2. The van der Waals surface area contributed by atoms with Crippen LogP contribution in [0.2, 0.25) is 0 Å². The topological polar surface area (TPSA) is 40.6 Å². The van der Waals surface area contributed by atoms with Gasteiger partial charge in [-0.25, -0.2) is 0 Å². The highest BCUT2D eigenvalue weighted by molar-refractivity contribution is 6.02. The van der Waals surface area contributed by atoms with Gasteiger partial charge in [-0.3, -0.25) is 9.59 Å². The first-order chi connectivity index (χ1) is 12.2. The number of para-hydroxylation sites is 1. The fourth-order valence-corrected chi connectivity index (χ4v) is 2.55. The predicted molar refractivity (Wildman–Crippen MR) is 93.9 cm³/mol. The minimum absolute atomic E-state index is 0.239. The molecule has 0 aliphatic carbocycles. The number of benzene rings is 2. The van der Waals surface area contributed by atoms with Crippen LogP contribution in [0.15, 0.2) is 54.6 Å². The van der Waals surface area contributed by atoms with Gasteiger partial charge in [0.25, 0.3) is 0 Å². The van der Waals surface area contributed by atoms with Crippen molar-refractivity contribution < 1.29 is 22.8 Å². The van der Waals surface area contributed by atoms with E-state index in [-0.39, 0.29) is 18.1 Å². The van der Waals surface area contributed by atoms with Crippen molar-refractivity contribution in [3.63, 3.8) is 0 Å². The monoisotopic (exact) mass is 364 g/mol. The van der Waals surface area contributed by atoms with Gasteiger partial charge in [0.1, 0.15) is 6.54 Å². The average molecular weight is 364 g/mol. The molecule has 138 valence electrons. The van der Waals surface area contributed by atoms with Gasteiger partial charge >= 0.3 is 6.18 Å². The molecule has 0 aliphatic rings. The zero-order chi connectivity index (χ0) is 19.3. The minimum atomic E-state index is -4.46. The Morgan fingerprint density at radius 2 is 1.42 bits per heavy atom. The molecule has 7 heteroatoms. The maximum atomic E-state index is 12.7. The number of anilines is 2. The van der Waals surface area contributed by atoms with Gasteiger partial charge in [-0.15, -0.1) is 0 Å². The summed E-state index contributed by atoms with van der Waals surface area (Å²) in [6.07, 6.45) is -4.46. The molecule has 4 nitrogen and oxygen atoms in total. The minimum Gasteiger partial charge on any atom is -0.311 e. The lowest BCUT2D eigenvalue weighted by Gasteiger charge is -2.26. The quantitative estimate of drug-likeness (QED) is 0.801. The van der Waals surface area contributed by atoms with Crippen LogP contribution in [0.25, 0.3) is 0 Å². The van der Waals surface area contributed by atoms with Crippen LogP contribution in [0.5, 0.6) is 0 Å². The van der Waals surface area contributed by atoms with Crippen LogP contribution in [0.1, 0.15) is 19.4 Å². The fourth-order valence-electron chi connectivity index (χ4n) is 2.55. The third kappa shape index (κ3) is 4.62. The van der Waals surface area contributed by atoms with Crippen LogP contribution < -0.4 is 9.80 Å². The summed E-state index contributed by atoms with van der Waals surface area (Å²) in [5.41, 5.74) is 0.120. The van der Waals surface area contributed by atoms with Crippen molar-refractivity contribution in [3.8, 4) is 0 Å². The summed E-state index contributed by atoms with van der Waals surface area (Å²) in [6.45, 7) is 3.22. The first-order valence-corrected chi connectivity index (χ1v) is 8.04. The van der Waals surface area contributed by atoms with E-state index < -0.39 is 17.6 Å². The number of halogens is 3. The molecule has 26 heavy (non-hydrogen) atoms. The molecule has 0 saturated heterocycles. The van der Waals surface area contributed by atoms with E-state index in [1.807, 2.05) is 6.07 Å². The second-order valence-electron chi connectivity index (χ2n) is 5.62. The Balaban J connectivity index is 2.22. The summed E-state index contributed by atoms with van der Waals surface area (Å²) in [5.74, 6) is -0.754. The van der Waals surface area contributed by atoms with E-state index in [1.165, 1.54) is 24.0 Å². The van der Waals surface area contributed by atoms with Gasteiger partial charge in [-0.05, 0) is 43.3 Å². The smallest absolute Gasteiger partial charge is 0.311 e. The van der Waals surface area contributed by atoms with Crippen molar-refractivity contribution in [1.29, 1.82) is 0 Å². The zero-order valence-corrected chi connectivity index (χ0v) is 14.5. The Morgan fingerprint density at radius 1 is 0.885 bits per heavy atom. The van der Waals surface area contributed by atoms with Crippen molar-refractivity contribution >= 4 is 23.2 Å². The Kier molecular flexibility index (Phi) is 6.02. The van der Waals surface area contributed by atoms with Crippen LogP contribution in [-0.4, -0.2) is 24.9 Å². The Hall–Kier alpha value is -2.83. The van der Waals surface area contributed by atoms with Crippen molar-refractivity contribution in [2.45, 2.75) is 20.0 Å². The van der Waals surface area contributed by atoms with E-state index in [0.29, 0.717) is 12.2 Å². The molecule has 0 bridgehead atoms. The summed E-state index contributed by atoms with van der Waals surface area (Å²) in [6, 6.07) is 13.1. The molecule has 2 aromatic rings. The number of hydrogen-bond acceptors (Lipinski definition) is 2. The van der Waals surface area contributed by atoms with E-state index in [4.69, 9.17) is 0 Å².